The summed E-state index contributed by atoms with van der Waals surface area (Å²) in [5.74, 6) is 0.606. The first kappa shape index (κ1) is 16.0. The zero-order valence-corrected chi connectivity index (χ0v) is 13.2. The Morgan fingerprint density at radius 3 is 2.48 bits per heavy atom. The average Bonchev–Trinajstić information content (AvgIpc) is 2.42. The van der Waals surface area contributed by atoms with Gasteiger partial charge >= 0.3 is 0 Å². The van der Waals surface area contributed by atoms with Crippen molar-refractivity contribution in [2.45, 2.75) is 26.9 Å². The molecule has 21 heavy (non-hydrogen) atoms. The van der Waals surface area contributed by atoms with Gasteiger partial charge in [-0.1, -0.05) is 36.8 Å². The number of nitrogens with zero attached hydrogens (tertiary/aromatic N) is 1. The maximum Gasteiger partial charge on any atom is 0.225 e. The molecular formula is C17H26N2O2. The van der Waals surface area contributed by atoms with E-state index in [-0.39, 0.29) is 11.8 Å². The highest BCUT2D eigenvalue weighted by molar-refractivity contribution is 5.79. The van der Waals surface area contributed by atoms with Crippen molar-refractivity contribution in [2.75, 3.05) is 26.2 Å². The largest absolute Gasteiger partial charge is 0.387 e. The fourth-order valence-corrected chi connectivity index (χ4v) is 2.63. The van der Waals surface area contributed by atoms with Crippen LogP contribution in [-0.4, -0.2) is 42.1 Å². The van der Waals surface area contributed by atoms with E-state index >= 15 is 0 Å². The molecule has 4 heteroatoms. The van der Waals surface area contributed by atoms with Crippen LogP contribution in [-0.2, 0) is 4.79 Å². The maximum atomic E-state index is 12.5. The highest BCUT2D eigenvalue weighted by Gasteiger charge is 2.31. The Morgan fingerprint density at radius 2 is 2.00 bits per heavy atom. The molecule has 0 aliphatic carbocycles. The first-order chi connectivity index (χ1) is 10.0. The molecule has 1 aromatic carbocycles. The number of carbonyl (C=O) groups excluding carboxylic acids is 1. The molecule has 1 heterocycles. The molecule has 0 radical (unpaired) electrons. The smallest absolute Gasteiger partial charge is 0.225 e. The molecule has 116 valence electrons. The third-order valence-corrected chi connectivity index (χ3v) is 4.46. The van der Waals surface area contributed by atoms with Gasteiger partial charge in [0.1, 0.15) is 0 Å². The summed E-state index contributed by atoms with van der Waals surface area (Å²) in [6.07, 6.45) is -0.624. The summed E-state index contributed by atoms with van der Waals surface area (Å²) in [5.41, 5.74) is 2.03. The molecule has 0 aromatic heterocycles. The van der Waals surface area contributed by atoms with E-state index in [9.17, 15) is 9.90 Å². The quantitative estimate of drug-likeness (QED) is 0.839. The second kappa shape index (κ2) is 7.05. The topological polar surface area (TPSA) is 52.6 Å². The highest BCUT2D eigenvalue weighted by atomic mass is 16.3. The second-order valence-corrected chi connectivity index (χ2v) is 6.01. The number of aliphatic hydroxyl groups excluding tert-OH is 1. The molecule has 1 fully saturated rings. The zero-order chi connectivity index (χ0) is 15.4. The first-order valence-corrected chi connectivity index (χ1v) is 7.77. The maximum absolute atomic E-state index is 12.5. The van der Waals surface area contributed by atoms with Gasteiger partial charge in [0.05, 0.1) is 12.6 Å². The van der Waals surface area contributed by atoms with Crippen molar-refractivity contribution in [1.82, 2.24) is 10.2 Å². The van der Waals surface area contributed by atoms with Crippen LogP contribution in [0.25, 0.3) is 0 Å². The molecule has 1 aliphatic rings. The normalized spacial score (nSPS) is 17.9. The molecule has 4 nitrogen and oxygen atoms in total. The molecule has 0 bridgehead atoms. The molecule has 2 N–H and O–H groups in total. The average molecular weight is 290 g/mol. The predicted molar refractivity (Wildman–Crippen MR) is 83.9 cm³/mol. The van der Waals surface area contributed by atoms with Gasteiger partial charge in [-0.15, -0.1) is 0 Å². The number of amides is 1. The Labute approximate surface area is 127 Å². The molecular weight excluding hydrogens is 264 g/mol. The number of rotatable bonds is 6. The molecule has 2 rings (SSSR count). The summed E-state index contributed by atoms with van der Waals surface area (Å²) in [6.45, 7) is 8.82. The first-order valence-electron chi connectivity index (χ1n) is 7.77. The van der Waals surface area contributed by atoms with Crippen LogP contribution in [0.4, 0.5) is 0 Å². The van der Waals surface area contributed by atoms with Gasteiger partial charge in [-0.2, -0.15) is 0 Å². The lowest BCUT2D eigenvalue weighted by Gasteiger charge is -2.35. The minimum atomic E-state index is -0.624. The number of likely N-dealkylation sites (N-methyl/N-ethyl adjacent to an activating group) is 1. The molecule has 1 saturated heterocycles. The summed E-state index contributed by atoms with van der Waals surface area (Å²) in [4.78, 5) is 14.3. The Hall–Kier alpha value is -1.39. The van der Waals surface area contributed by atoms with Crippen LogP contribution in [0.5, 0.6) is 0 Å². The molecule has 0 spiro atoms. The van der Waals surface area contributed by atoms with Crippen molar-refractivity contribution in [3.05, 3.63) is 35.4 Å². The molecule has 1 aromatic rings. The van der Waals surface area contributed by atoms with Crippen LogP contribution in [0.15, 0.2) is 24.3 Å². The standard InChI is InChI=1S/C17H26N2O2/c1-4-19(17(21)13(3)15-9-18-10-15)11-16(20)14-7-5-12(2)6-8-14/h5-8,13,15-16,18,20H,4,9-11H2,1-3H3. The Morgan fingerprint density at radius 1 is 1.38 bits per heavy atom. The van der Waals surface area contributed by atoms with E-state index in [4.69, 9.17) is 0 Å². The zero-order valence-electron chi connectivity index (χ0n) is 13.2. The van der Waals surface area contributed by atoms with Crippen LogP contribution < -0.4 is 5.32 Å². The molecule has 0 saturated carbocycles. The Kier molecular flexibility index (Phi) is 5.37. The van der Waals surface area contributed by atoms with Crippen molar-refractivity contribution in [3.8, 4) is 0 Å². The summed E-state index contributed by atoms with van der Waals surface area (Å²) >= 11 is 0. The van der Waals surface area contributed by atoms with E-state index in [0.29, 0.717) is 19.0 Å². The van der Waals surface area contributed by atoms with Gasteiger partial charge in [0.2, 0.25) is 5.91 Å². The lowest BCUT2D eigenvalue weighted by Crippen LogP contribution is -2.50. The van der Waals surface area contributed by atoms with E-state index in [0.717, 1.165) is 18.7 Å². The molecule has 1 amide bonds. The number of hydrogen-bond donors (Lipinski definition) is 2. The monoisotopic (exact) mass is 290 g/mol. The van der Waals surface area contributed by atoms with Gasteiger partial charge in [0.15, 0.2) is 0 Å². The van der Waals surface area contributed by atoms with Gasteiger partial charge in [-0.25, -0.2) is 0 Å². The molecule has 1 aliphatic heterocycles. The fraction of sp³-hybridized carbons (Fsp3) is 0.588. The van der Waals surface area contributed by atoms with Crippen LogP contribution >= 0.6 is 0 Å². The number of carbonyl (C=O) groups is 1. The second-order valence-electron chi connectivity index (χ2n) is 6.01. The van der Waals surface area contributed by atoms with Gasteiger partial charge in [0, 0.05) is 12.5 Å². The number of nitrogens with one attached hydrogen (secondary N) is 1. The van der Waals surface area contributed by atoms with Crippen LogP contribution in [0.1, 0.15) is 31.1 Å². The highest BCUT2D eigenvalue weighted by Crippen LogP contribution is 2.21. The predicted octanol–water partition coefficient (Wildman–Crippen LogP) is 1.73. The number of benzene rings is 1. The van der Waals surface area contributed by atoms with E-state index in [2.05, 4.69) is 5.32 Å². The SMILES string of the molecule is CCN(CC(O)c1ccc(C)cc1)C(=O)C(C)C1CNC1. The summed E-state index contributed by atoms with van der Waals surface area (Å²) in [7, 11) is 0. The number of hydrogen-bond acceptors (Lipinski definition) is 3. The molecule has 2 unspecified atom stereocenters. The minimum Gasteiger partial charge on any atom is -0.387 e. The van der Waals surface area contributed by atoms with E-state index in [1.165, 1.54) is 5.56 Å². The third-order valence-electron chi connectivity index (χ3n) is 4.46. The Bertz CT molecular complexity index is 468. The number of aryl methyl sites for hydroxylation is 1. The van der Waals surface area contributed by atoms with Crippen LogP contribution in [0.2, 0.25) is 0 Å². The van der Waals surface area contributed by atoms with E-state index in [1.807, 2.05) is 45.0 Å². The van der Waals surface area contributed by atoms with Crippen molar-refractivity contribution < 1.29 is 9.90 Å². The third kappa shape index (κ3) is 3.83. The van der Waals surface area contributed by atoms with Gasteiger partial charge in [-0.05, 0) is 38.4 Å². The minimum absolute atomic E-state index is 0.0245. The van der Waals surface area contributed by atoms with Crippen molar-refractivity contribution >= 4 is 5.91 Å². The molecule has 2 atom stereocenters. The van der Waals surface area contributed by atoms with Crippen molar-refractivity contribution in [2.24, 2.45) is 11.8 Å². The summed E-state index contributed by atoms with van der Waals surface area (Å²) in [6, 6.07) is 7.83. The van der Waals surface area contributed by atoms with Crippen LogP contribution in [0, 0.1) is 18.8 Å². The summed E-state index contributed by atoms with van der Waals surface area (Å²) in [5, 5.41) is 13.6. The Balaban J connectivity index is 1.97. The van der Waals surface area contributed by atoms with Crippen molar-refractivity contribution in [3.63, 3.8) is 0 Å². The fourth-order valence-electron chi connectivity index (χ4n) is 2.63. The summed E-state index contributed by atoms with van der Waals surface area (Å²) < 4.78 is 0. The van der Waals surface area contributed by atoms with Crippen LogP contribution in [0.3, 0.4) is 0 Å². The van der Waals surface area contributed by atoms with E-state index in [1.54, 1.807) is 4.90 Å². The van der Waals surface area contributed by atoms with Gasteiger partial charge < -0.3 is 15.3 Å². The number of aliphatic hydroxyl groups is 1. The lowest BCUT2D eigenvalue weighted by atomic mass is 9.88. The van der Waals surface area contributed by atoms with Crippen molar-refractivity contribution in [1.29, 1.82) is 0 Å². The van der Waals surface area contributed by atoms with E-state index < -0.39 is 6.10 Å². The van der Waals surface area contributed by atoms with Gasteiger partial charge in [-0.3, -0.25) is 4.79 Å². The van der Waals surface area contributed by atoms with Gasteiger partial charge in [0.25, 0.3) is 0 Å². The lowest BCUT2D eigenvalue weighted by molar-refractivity contribution is -0.138.